The number of hydrogen-bond donors (Lipinski definition) is 1. The maximum atomic E-state index is 12.5. The maximum absolute atomic E-state index is 12.5. The summed E-state index contributed by atoms with van der Waals surface area (Å²) in [5.41, 5.74) is -0.962. The molecule has 2 aromatic rings. The Kier molecular flexibility index (Phi) is 3.68. The first kappa shape index (κ1) is 13.3. The molecule has 1 N–H and O–H groups in total. The molecule has 0 unspecified atom stereocenters. The zero-order valence-electron chi connectivity index (χ0n) is 10.1. The number of alkyl halides is 3. The van der Waals surface area contributed by atoms with Gasteiger partial charge in [0, 0.05) is 24.6 Å². The van der Waals surface area contributed by atoms with Crippen LogP contribution < -0.4 is 5.32 Å². The quantitative estimate of drug-likeness (QED) is 0.926. The van der Waals surface area contributed by atoms with Crippen molar-refractivity contribution >= 4 is 5.95 Å². The van der Waals surface area contributed by atoms with Gasteiger partial charge in [0.15, 0.2) is 0 Å². The number of nitrogens with zero attached hydrogens (tertiary/aromatic N) is 4. The van der Waals surface area contributed by atoms with Gasteiger partial charge in [-0.15, -0.1) is 0 Å². The molecule has 2 aromatic heterocycles. The van der Waals surface area contributed by atoms with Crippen LogP contribution in [-0.4, -0.2) is 25.8 Å². The summed E-state index contributed by atoms with van der Waals surface area (Å²) in [5.74, 6) is -0.0468. The molecule has 0 aliphatic carbocycles. The first-order valence-electron chi connectivity index (χ1n) is 5.59. The molecule has 19 heavy (non-hydrogen) atoms. The van der Waals surface area contributed by atoms with E-state index in [4.69, 9.17) is 0 Å². The Morgan fingerprint density at radius 3 is 2.79 bits per heavy atom. The predicted molar refractivity (Wildman–Crippen MR) is 62.3 cm³/mol. The Bertz CT molecular complexity index is 523. The van der Waals surface area contributed by atoms with Crippen molar-refractivity contribution in [3.05, 3.63) is 36.4 Å². The van der Waals surface area contributed by atoms with Crippen LogP contribution in [-0.2, 0) is 12.7 Å². The number of halogens is 3. The summed E-state index contributed by atoms with van der Waals surface area (Å²) in [6.45, 7) is 2.32. The van der Waals surface area contributed by atoms with Crippen LogP contribution in [0, 0.1) is 0 Å². The third-order valence-corrected chi connectivity index (χ3v) is 2.34. The molecule has 0 radical (unpaired) electrons. The molecule has 0 spiro atoms. The molecule has 0 saturated carbocycles. The molecular weight excluding hydrogens is 259 g/mol. The second kappa shape index (κ2) is 5.25. The highest BCUT2D eigenvalue weighted by molar-refractivity contribution is 5.27. The van der Waals surface area contributed by atoms with Gasteiger partial charge >= 0.3 is 6.18 Å². The van der Waals surface area contributed by atoms with E-state index in [1.54, 1.807) is 23.1 Å². The SMILES string of the molecule is C[C@@H](Cn1cccn1)Nc1nccc(C(F)(F)F)n1. The molecule has 102 valence electrons. The molecule has 0 aliphatic rings. The number of hydrogen-bond acceptors (Lipinski definition) is 4. The monoisotopic (exact) mass is 271 g/mol. The lowest BCUT2D eigenvalue weighted by Gasteiger charge is -2.14. The molecule has 0 bridgehead atoms. The van der Waals surface area contributed by atoms with Crippen LogP contribution in [0.5, 0.6) is 0 Å². The Hall–Kier alpha value is -2.12. The summed E-state index contributed by atoms with van der Waals surface area (Å²) >= 11 is 0. The summed E-state index contributed by atoms with van der Waals surface area (Å²) in [4.78, 5) is 7.21. The van der Waals surface area contributed by atoms with Crippen molar-refractivity contribution in [2.45, 2.75) is 25.7 Å². The topological polar surface area (TPSA) is 55.6 Å². The van der Waals surface area contributed by atoms with Gasteiger partial charge in [0.1, 0.15) is 5.69 Å². The van der Waals surface area contributed by atoms with E-state index in [-0.39, 0.29) is 12.0 Å². The van der Waals surface area contributed by atoms with E-state index in [9.17, 15) is 13.2 Å². The number of rotatable bonds is 4. The first-order chi connectivity index (χ1) is 8.95. The molecule has 2 rings (SSSR count). The van der Waals surface area contributed by atoms with Crippen LogP contribution in [0.1, 0.15) is 12.6 Å². The smallest absolute Gasteiger partial charge is 0.350 e. The average molecular weight is 271 g/mol. The summed E-state index contributed by atoms with van der Waals surface area (Å²) in [7, 11) is 0. The standard InChI is InChI=1S/C11H12F3N5/c1-8(7-19-6-2-4-16-19)17-10-15-5-3-9(18-10)11(12,13)14/h2-6,8H,7H2,1H3,(H,15,17,18)/t8-/m0/s1. The van der Waals surface area contributed by atoms with Gasteiger partial charge in [-0.1, -0.05) is 0 Å². The van der Waals surface area contributed by atoms with Gasteiger partial charge in [0.05, 0.1) is 6.54 Å². The fraction of sp³-hybridized carbons (Fsp3) is 0.364. The minimum atomic E-state index is -4.47. The van der Waals surface area contributed by atoms with Crippen LogP contribution in [0.15, 0.2) is 30.7 Å². The highest BCUT2D eigenvalue weighted by Gasteiger charge is 2.32. The second-order valence-corrected chi connectivity index (χ2v) is 4.04. The number of anilines is 1. The summed E-state index contributed by atoms with van der Waals surface area (Å²) in [6.07, 6.45) is 0.0159. The van der Waals surface area contributed by atoms with Gasteiger partial charge in [0.25, 0.3) is 0 Å². The molecule has 0 aliphatic heterocycles. The van der Waals surface area contributed by atoms with Gasteiger partial charge in [-0.2, -0.15) is 18.3 Å². The number of aromatic nitrogens is 4. The van der Waals surface area contributed by atoms with Crippen LogP contribution in [0.4, 0.5) is 19.1 Å². The average Bonchev–Trinajstić information content (AvgIpc) is 2.80. The van der Waals surface area contributed by atoms with Crippen molar-refractivity contribution in [3.8, 4) is 0 Å². The molecule has 8 heteroatoms. The lowest BCUT2D eigenvalue weighted by Crippen LogP contribution is -2.24. The first-order valence-corrected chi connectivity index (χ1v) is 5.59. The highest BCUT2D eigenvalue weighted by atomic mass is 19.4. The zero-order valence-corrected chi connectivity index (χ0v) is 10.1. The van der Waals surface area contributed by atoms with E-state index >= 15 is 0 Å². The van der Waals surface area contributed by atoms with E-state index in [0.717, 1.165) is 12.3 Å². The molecule has 0 amide bonds. The van der Waals surface area contributed by atoms with Crippen molar-refractivity contribution in [2.75, 3.05) is 5.32 Å². The Morgan fingerprint density at radius 1 is 1.37 bits per heavy atom. The van der Waals surface area contributed by atoms with Crippen LogP contribution in [0.2, 0.25) is 0 Å². The van der Waals surface area contributed by atoms with Crippen molar-refractivity contribution in [1.29, 1.82) is 0 Å². The zero-order chi connectivity index (χ0) is 13.9. The Labute approximate surface area is 107 Å². The van der Waals surface area contributed by atoms with Crippen molar-refractivity contribution in [2.24, 2.45) is 0 Å². The number of nitrogens with one attached hydrogen (secondary N) is 1. The Balaban J connectivity index is 2.03. The molecule has 5 nitrogen and oxygen atoms in total. The lowest BCUT2D eigenvalue weighted by atomic mass is 10.3. The van der Waals surface area contributed by atoms with Crippen LogP contribution in [0.25, 0.3) is 0 Å². The molecule has 0 saturated heterocycles. The molecule has 1 atom stereocenters. The van der Waals surface area contributed by atoms with Crippen molar-refractivity contribution < 1.29 is 13.2 Å². The third-order valence-electron chi connectivity index (χ3n) is 2.34. The normalized spacial score (nSPS) is 13.3. The van der Waals surface area contributed by atoms with Gasteiger partial charge in [-0.25, -0.2) is 9.97 Å². The minimum Gasteiger partial charge on any atom is -0.350 e. The molecule has 0 fully saturated rings. The van der Waals surface area contributed by atoms with E-state index < -0.39 is 11.9 Å². The maximum Gasteiger partial charge on any atom is 0.433 e. The Morgan fingerprint density at radius 2 is 2.16 bits per heavy atom. The van der Waals surface area contributed by atoms with E-state index in [0.29, 0.717) is 6.54 Å². The summed E-state index contributed by atoms with van der Waals surface area (Å²) < 4.78 is 39.1. The second-order valence-electron chi connectivity index (χ2n) is 4.04. The van der Waals surface area contributed by atoms with Crippen molar-refractivity contribution in [1.82, 2.24) is 19.7 Å². The summed E-state index contributed by atoms with van der Waals surface area (Å²) in [5, 5.41) is 6.82. The van der Waals surface area contributed by atoms with Gasteiger partial charge in [0.2, 0.25) is 5.95 Å². The van der Waals surface area contributed by atoms with E-state index in [1.165, 1.54) is 0 Å². The molecule has 2 heterocycles. The highest BCUT2D eigenvalue weighted by Crippen LogP contribution is 2.27. The predicted octanol–water partition coefficient (Wildman–Crippen LogP) is 2.19. The lowest BCUT2D eigenvalue weighted by molar-refractivity contribution is -0.141. The fourth-order valence-corrected chi connectivity index (χ4v) is 1.54. The third kappa shape index (κ3) is 3.67. The van der Waals surface area contributed by atoms with Crippen LogP contribution >= 0.6 is 0 Å². The summed E-state index contributed by atoms with van der Waals surface area (Å²) in [6, 6.07) is 2.46. The minimum absolute atomic E-state index is 0.0468. The fourth-order valence-electron chi connectivity index (χ4n) is 1.54. The van der Waals surface area contributed by atoms with Crippen LogP contribution in [0.3, 0.4) is 0 Å². The van der Waals surface area contributed by atoms with E-state index in [1.807, 2.05) is 6.92 Å². The van der Waals surface area contributed by atoms with Crippen molar-refractivity contribution in [3.63, 3.8) is 0 Å². The molecular formula is C11H12F3N5. The largest absolute Gasteiger partial charge is 0.433 e. The van der Waals surface area contributed by atoms with E-state index in [2.05, 4.69) is 20.4 Å². The van der Waals surface area contributed by atoms with Gasteiger partial charge in [-0.3, -0.25) is 4.68 Å². The molecule has 0 aromatic carbocycles. The van der Waals surface area contributed by atoms with Gasteiger partial charge in [-0.05, 0) is 19.1 Å². The van der Waals surface area contributed by atoms with Gasteiger partial charge < -0.3 is 5.32 Å².